The number of benzene rings is 1. The van der Waals surface area contributed by atoms with Crippen LogP contribution in [0.3, 0.4) is 0 Å². The molecule has 0 bridgehead atoms. The van der Waals surface area contributed by atoms with Crippen LogP contribution in [0.5, 0.6) is 11.6 Å². The van der Waals surface area contributed by atoms with Gasteiger partial charge >= 0.3 is 12.1 Å². The maximum absolute atomic E-state index is 15.5. The minimum atomic E-state index is -3.48. The van der Waals surface area contributed by atoms with Gasteiger partial charge in [0.15, 0.2) is 5.69 Å². The summed E-state index contributed by atoms with van der Waals surface area (Å²) in [5, 5.41) is 2.70. The summed E-state index contributed by atoms with van der Waals surface area (Å²) in [7, 11) is 2.67. The Hall–Kier alpha value is -4.29. The number of fused-ring (bicyclic) bond motifs is 1. The van der Waals surface area contributed by atoms with E-state index in [1.54, 1.807) is 45.9 Å². The van der Waals surface area contributed by atoms with Gasteiger partial charge in [-0.25, -0.2) is 19.6 Å². The first-order chi connectivity index (χ1) is 22.2. The number of aromatic nitrogens is 2. The number of esters is 1. The summed E-state index contributed by atoms with van der Waals surface area (Å²) in [5.41, 5.74) is -1.05. The van der Waals surface area contributed by atoms with E-state index in [4.69, 9.17) is 18.9 Å². The van der Waals surface area contributed by atoms with Gasteiger partial charge in [-0.05, 0) is 36.8 Å². The molecule has 11 nitrogen and oxygen atoms in total. The monoisotopic (exact) mass is 658 g/mol. The van der Waals surface area contributed by atoms with Crippen LogP contribution in [-0.2, 0) is 25.0 Å². The number of carbonyl (C=O) groups is 3. The number of rotatable bonds is 13. The molecule has 2 aromatic rings. The van der Waals surface area contributed by atoms with E-state index < -0.39 is 71.4 Å². The minimum absolute atomic E-state index is 0.172. The number of amides is 2. The number of likely N-dealkylation sites (tertiary alicyclic amines) is 1. The molecule has 1 N–H and O–H groups in total. The van der Waals surface area contributed by atoms with Crippen molar-refractivity contribution in [3.8, 4) is 11.6 Å². The summed E-state index contributed by atoms with van der Waals surface area (Å²) in [6.07, 6.45) is 1.89. The lowest BCUT2D eigenvalue weighted by Crippen LogP contribution is -2.57. The zero-order valence-electron chi connectivity index (χ0n) is 27.8. The fraction of sp³-hybridized carbons (Fsp3) is 0.559. The van der Waals surface area contributed by atoms with Gasteiger partial charge in [0.2, 0.25) is 11.8 Å². The van der Waals surface area contributed by atoms with Gasteiger partial charge in [0.1, 0.15) is 30.0 Å². The van der Waals surface area contributed by atoms with Crippen LogP contribution in [0.4, 0.5) is 13.6 Å². The second-order valence-corrected chi connectivity index (χ2v) is 13.0. The minimum Gasteiger partial charge on any atom is -0.497 e. The van der Waals surface area contributed by atoms with Crippen molar-refractivity contribution < 1.29 is 42.1 Å². The topological polar surface area (TPSA) is 129 Å². The first-order valence-corrected chi connectivity index (χ1v) is 15.7. The van der Waals surface area contributed by atoms with Crippen LogP contribution < -0.4 is 14.8 Å². The third-order valence-electron chi connectivity index (χ3n) is 8.60. The molecule has 0 spiro atoms. The van der Waals surface area contributed by atoms with Gasteiger partial charge in [0, 0.05) is 24.3 Å². The zero-order valence-corrected chi connectivity index (χ0v) is 27.8. The SMILES string of the molecule is C=CC[C@@H]1CC1OC(=O)N[C@H](C(=O)N1C[C@H](Oc2nc3cc(OC)ccc3nc2C(F)(F)CC=C)[C@@H](CC)[C@H]1C(=O)OC)C(C)(C)C. The lowest BCUT2D eigenvalue weighted by atomic mass is 9.85. The molecule has 1 aromatic carbocycles. The molecule has 2 aliphatic rings. The van der Waals surface area contributed by atoms with Gasteiger partial charge in [-0.1, -0.05) is 39.8 Å². The average Bonchev–Trinajstić information content (AvgIpc) is 3.64. The highest BCUT2D eigenvalue weighted by molar-refractivity contribution is 5.91. The van der Waals surface area contributed by atoms with Crippen molar-refractivity contribution in [2.24, 2.45) is 17.3 Å². The second-order valence-electron chi connectivity index (χ2n) is 13.0. The number of alkyl halides is 2. The summed E-state index contributed by atoms with van der Waals surface area (Å²) >= 11 is 0. The summed E-state index contributed by atoms with van der Waals surface area (Å²) < 4.78 is 53.0. The molecular formula is C34H44F2N4O7. The van der Waals surface area contributed by atoms with Crippen molar-refractivity contribution in [2.45, 2.75) is 83.6 Å². The van der Waals surface area contributed by atoms with Crippen LogP contribution in [0.1, 0.15) is 59.1 Å². The molecule has 2 heterocycles. The molecule has 256 valence electrons. The number of methoxy groups -OCH3 is 2. The van der Waals surface area contributed by atoms with Crippen LogP contribution in [-0.4, -0.2) is 77.9 Å². The molecule has 1 aliphatic heterocycles. The molecule has 1 aromatic heterocycles. The van der Waals surface area contributed by atoms with E-state index in [9.17, 15) is 14.4 Å². The molecule has 6 atom stereocenters. The van der Waals surface area contributed by atoms with Crippen LogP contribution in [0.15, 0.2) is 43.5 Å². The zero-order chi connectivity index (χ0) is 34.7. The molecule has 2 fully saturated rings. The molecule has 47 heavy (non-hydrogen) atoms. The number of carbonyl (C=O) groups excluding carboxylic acids is 3. The van der Waals surface area contributed by atoms with Gasteiger partial charge in [0.05, 0.1) is 31.8 Å². The van der Waals surface area contributed by atoms with Crippen molar-refractivity contribution in [3.05, 3.63) is 49.2 Å². The van der Waals surface area contributed by atoms with Gasteiger partial charge in [0.25, 0.3) is 5.92 Å². The van der Waals surface area contributed by atoms with Gasteiger partial charge in [-0.15, -0.1) is 13.2 Å². The van der Waals surface area contributed by atoms with E-state index in [1.807, 2.05) is 0 Å². The van der Waals surface area contributed by atoms with E-state index in [0.29, 0.717) is 25.0 Å². The summed E-state index contributed by atoms with van der Waals surface area (Å²) in [6.45, 7) is 14.1. The van der Waals surface area contributed by atoms with Crippen LogP contribution in [0.25, 0.3) is 11.0 Å². The van der Waals surface area contributed by atoms with Crippen molar-refractivity contribution >= 4 is 29.0 Å². The normalized spacial score (nSPS) is 23.1. The Balaban J connectivity index is 1.69. The predicted molar refractivity (Wildman–Crippen MR) is 170 cm³/mol. The number of alkyl carbamates (subject to hydrolysis) is 1. The van der Waals surface area contributed by atoms with Gasteiger partial charge < -0.3 is 29.2 Å². The number of hydrogen-bond acceptors (Lipinski definition) is 9. The molecule has 2 amide bonds. The van der Waals surface area contributed by atoms with Crippen molar-refractivity contribution in [1.29, 1.82) is 0 Å². The first kappa shape index (κ1) is 35.6. The third kappa shape index (κ3) is 7.82. The van der Waals surface area contributed by atoms with E-state index in [2.05, 4.69) is 28.4 Å². The standard InChI is InChI=1S/C34H44F2N4O7/c1-9-12-19-16-24(19)47-32(43)39-28(33(4,5)6)30(41)40-18-25(21(11-3)26(40)31(42)45-8)46-29-27(34(35,36)15-10-2)37-22-14-13-20(44-7)17-23(22)38-29/h9-10,13-14,17,19,21,24-26,28H,1-2,11-12,15-16,18H2,3-8H3,(H,39,43)/t19-,21-,24?,25+,26+,28-/m1/s1. The largest absolute Gasteiger partial charge is 0.497 e. The highest BCUT2D eigenvalue weighted by Gasteiger charge is 2.52. The lowest BCUT2D eigenvalue weighted by molar-refractivity contribution is -0.154. The number of allylic oxidation sites excluding steroid dienone is 2. The highest BCUT2D eigenvalue weighted by Crippen LogP contribution is 2.41. The average molecular weight is 659 g/mol. The fourth-order valence-corrected chi connectivity index (χ4v) is 5.95. The Morgan fingerprint density at radius 1 is 1.11 bits per heavy atom. The predicted octanol–water partition coefficient (Wildman–Crippen LogP) is 5.57. The Labute approximate surface area is 273 Å². The molecule has 1 saturated heterocycles. The molecular weight excluding hydrogens is 614 g/mol. The lowest BCUT2D eigenvalue weighted by Gasteiger charge is -2.35. The third-order valence-corrected chi connectivity index (χ3v) is 8.60. The highest BCUT2D eigenvalue weighted by atomic mass is 19.3. The molecule has 1 unspecified atom stereocenters. The van der Waals surface area contributed by atoms with E-state index in [0.717, 1.165) is 6.08 Å². The van der Waals surface area contributed by atoms with Crippen molar-refractivity contribution in [1.82, 2.24) is 20.2 Å². The van der Waals surface area contributed by atoms with Gasteiger partial charge in [-0.2, -0.15) is 8.78 Å². The summed E-state index contributed by atoms with van der Waals surface area (Å²) in [4.78, 5) is 50.3. The van der Waals surface area contributed by atoms with Gasteiger partial charge in [-0.3, -0.25) is 4.79 Å². The Morgan fingerprint density at radius 3 is 2.43 bits per heavy atom. The Morgan fingerprint density at radius 2 is 1.83 bits per heavy atom. The van der Waals surface area contributed by atoms with Crippen LogP contribution >= 0.6 is 0 Å². The molecule has 1 aliphatic carbocycles. The Bertz CT molecular complexity index is 1510. The quantitative estimate of drug-likeness (QED) is 0.217. The Kier molecular flexibility index (Phi) is 10.8. The summed E-state index contributed by atoms with van der Waals surface area (Å²) in [5.74, 6) is -5.24. The maximum Gasteiger partial charge on any atom is 0.408 e. The first-order valence-electron chi connectivity index (χ1n) is 15.7. The number of ether oxygens (including phenoxy) is 4. The number of nitrogens with zero attached hydrogens (tertiary/aromatic N) is 3. The molecule has 4 rings (SSSR count). The van der Waals surface area contributed by atoms with E-state index in [-0.39, 0.29) is 29.6 Å². The van der Waals surface area contributed by atoms with Crippen LogP contribution in [0.2, 0.25) is 0 Å². The number of nitrogens with one attached hydrogen (secondary N) is 1. The van der Waals surface area contributed by atoms with Crippen molar-refractivity contribution in [3.63, 3.8) is 0 Å². The van der Waals surface area contributed by atoms with E-state index in [1.165, 1.54) is 25.2 Å². The molecule has 1 saturated carbocycles. The maximum atomic E-state index is 15.5. The number of halogens is 2. The second kappa shape index (κ2) is 14.2. The smallest absolute Gasteiger partial charge is 0.408 e. The fourth-order valence-electron chi connectivity index (χ4n) is 5.95. The number of hydrogen-bond donors (Lipinski definition) is 1. The molecule has 0 radical (unpaired) electrons. The van der Waals surface area contributed by atoms with Crippen LogP contribution in [0, 0.1) is 17.3 Å². The molecule has 13 heteroatoms. The summed E-state index contributed by atoms with van der Waals surface area (Å²) in [6, 6.07) is 2.42. The van der Waals surface area contributed by atoms with E-state index >= 15 is 8.78 Å². The van der Waals surface area contributed by atoms with Crippen molar-refractivity contribution in [2.75, 3.05) is 20.8 Å².